The number of phenolic OH excluding ortho intramolecular Hbond substituents is 1. The van der Waals surface area contributed by atoms with E-state index in [0.717, 1.165) is 12.1 Å². The Morgan fingerprint density at radius 2 is 1.32 bits per heavy atom. The van der Waals surface area contributed by atoms with Crippen LogP contribution in [0.1, 0.15) is 16.8 Å². The van der Waals surface area contributed by atoms with Crippen molar-refractivity contribution < 1.29 is 49.4 Å². The van der Waals surface area contributed by atoms with Crippen molar-refractivity contribution >= 4 is 11.6 Å². The Balaban J connectivity index is 1.98. The number of aromatic hydroxyl groups is 1. The van der Waals surface area contributed by atoms with Crippen molar-refractivity contribution in [3.05, 3.63) is 82.5 Å². The summed E-state index contributed by atoms with van der Waals surface area (Å²) in [6.07, 6.45) is -15.3. The summed E-state index contributed by atoms with van der Waals surface area (Å²) in [5, 5.41) is 16.5. The van der Waals surface area contributed by atoms with Gasteiger partial charge < -0.3 is 9.84 Å². The number of aromatic amines is 1. The van der Waals surface area contributed by atoms with Crippen LogP contribution >= 0.6 is 11.6 Å². The molecule has 0 saturated heterocycles. The number of H-pyrrole nitrogens is 1. The van der Waals surface area contributed by atoms with Crippen molar-refractivity contribution in [3.63, 3.8) is 0 Å². The standard InChI is InChI=1S/C24H12ClF9N2O2/c25-14-1-3-15(4-2-14)38-18-6-5-16(17-10-19(36-35-17)24(32,33)34)21(37)20(18)11-7-12(22(26,27)28)9-13(8-11)23(29,30)31/h1-10,37H,(H,35,36). The van der Waals surface area contributed by atoms with Gasteiger partial charge in [-0.1, -0.05) is 11.6 Å². The van der Waals surface area contributed by atoms with E-state index in [1.807, 2.05) is 0 Å². The fraction of sp³-hybridized carbons (Fsp3) is 0.125. The largest absolute Gasteiger partial charge is 0.506 e. The highest BCUT2D eigenvalue weighted by Crippen LogP contribution is 2.48. The summed E-state index contributed by atoms with van der Waals surface area (Å²) >= 11 is 5.81. The van der Waals surface area contributed by atoms with Gasteiger partial charge in [-0.15, -0.1) is 0 Å². The van der Waals surface area contributed by atoms with E-state index in [4.69, 9.17) is 16.3 Å². The van der Waals surface area contributed by atoms with Crippen LogP contribution < -0.4 is 4.74 Å². The Hall–Kier alpha value is -3.87. The zero-order valence-electron chi connectivity index (χ0n) is 18.4. The van der Waals surface area contributed by atoms with Gasteiger partial charge in [-0.05, 0) is 66.2 Å². The molecule has 0 fully saturated rings. The molecule has 4 aromatic rings. The lowest BCUT2D eigenvalue weighted by Crippen LogP contribution is -2.11. The second kappa shape index (κ2) is 9.46. The van der Waals surface area contributed by atoms with Crippen LogP contribution in [0, 0.1) is 0 Å². The number of hydrogen-bond donors (Lipinski definition) is 2. The van der Waals surface area contributed by atoms with Gasteiger partial charge in [0.25, 0.3) is 0 Å². The lowest BCUT2D eigenvalue weighted by atomic mass is 9.95. The maximum absolute atomic E-state index is 13.5. The topological polar surface area (TPSA) is 58.1 Å². The third-order valence-corrected chi connectivity index (χ3v) is 5.47. The van der Waals surface area contributed by atoms with Crippen LogP contribution in [0.3, 0.4) is 0 Å². The monoisotopic (exact) mass is 566 g/mol. The van der Waals surface area contributed by atoms with Gasteiger partial charge in [0, 0.05) is 10.6 Å². The number of benzene rings is 3. The summed E-state index contributed by atoms with van der Waals surface area (Å²) in [4.78, 5) is 0. The van der Waals surface area contributed by atoms with E-state index < -0.39 is 69.2 Å². The Morgan fingerprint density at radius 1 is 0.737 bits per heavy atom. The zero-order chi connectivity index (χ0) is 28.0. The number of hydrogen-bond acceptors (Lipinski definition) is 3. The molecule has 0 unspecified atom stereocenters. The smallest absolute Gasteiger partial charge is 0.432 e. The average molecular weight is 567 g/mol. The van der Waals surface area contributed by atoms with Gasteiger partial charge in [0.2, 0.25) is 0 Å². The van der Waals surface area contributed by atoms with E-state index in [0.29, 0.717) is 23.2 Å². The molecule has 0 aliphatic carbocycles. The predicted molar refractivity (Wildman–Crippen MR) is 118 cm³/mol. The molecular formula is C24H12ClF9N2O2. The summed E-state index contributed by atoms with van der Waals surface area (Å²) in [6, 6.07) is 8.70. The molecule has 2 N–H and O–H groups in total. The lowest BCUT2D eigenvalue weighted by Gasteiger charge is -2.18. The van der Waals surface area contributed by atoms with Gasteiger partial charge in [0.05, 0.1) is 22.4 Å². The first-order valence-electron chi connectivity index (χ1n) is 10.3. The van der Waals surface area contributed by atoms with Crippen molar-refractivity contribution in [2.75, 3.05) is 0 Å². The highest BCUT2D eigenvalue weighted by molar-refractivity contribution is 6.30. The Bertz CT molecular complexity index is 1440. The predicted octanol–water partition coefficient (Wildman–Crippen LogP) is 8.95. The van der Waals surface area contributed by atoms with Crippen LogP contribution in [-0.2, 0) is 18.5 Å². The number of rotatable bonds is 4. The SMILES string of the molecule is Oc1c(-c2cc(C(F)(F)F)[nH]n2)ccc(Oc2ccc(Cl)cc2)c1-c1cc(C(F)(F)F)cc(C(F)(F)F)c1. The molecule has 0 spiro atoms. The normalized spacial score (nSPS) is 12.6. The number of aromatic nitrogens is 2. The van der Waals surface area contributed by atoms with E-state index in [1.54, 1.807) is 5.10 Å². The number of ether oxygens (including phenoxy) is 1. The highest BCUT2D eigenvalue weighted by Gasteiger charge is 2.38. The van der Waals surface area contributed by atoms with Crippen molar-refractivity contribution in [3.8, 4) is 39.6 Å². The molecule has 1 heterocycles. The van der Waals surface area contributed by atoms with Crippen LogP contribution in [0.15, 0.2) is 60.7 Å². The van der Waals surface area contributed by atoms with Gasteiger partial charge in [0.1, 0.15) is 22.9 Å². The van der Waals surface area contributed by atoms with E-state index in [1.165, 1.54) is 24.3 Å². The quantitative estimate of drug-likeness (QED) is 0.242. The molecular weight excluding hydrogens is 555 g/mol. The molecule has 200 valence electrons. The number of nitrogens with one attached hydrogen (secondary N) is 1. The molecule has 4 rings (SSSR count). The molecule has 0 saturated carbocycles. The van der Waals surface area contributed by atoms with Crippen LogP contribution in [0.25, 0.3) is 22.4 Å². The van der Waals surface area contributed by atoms with Gasteiger partial charge >= 0.3 is 18.5 Å². The van der Waals surface area contributed by atoms with Gasteiger partial charge in [-0.3, -0.25) is 5.10 Å². The van der Waals surface area contributed by atoms with Crippen molar-refractivity contribution in [1.82, 2.24) is 10.2 Å². The van der Waals surface area contributed by atoms with Gasteiger partial charge in [-0.25, -0.2) is 0 Å². The first-order valence-corrected chi connectivity index (χ1v) is 10.6. The fourth-order valence-corrected chi connectivity index (χ4v) is 3.60. The lowest BCUT2D eigenvalue weighted by molar-refractivity contribution is -0.143. The molecule has 0 aliphatic rings. The van der Waals surface area contributed by atoms with Gasteiger partial charge in [-0.2, -0.15) is 44.6 Å². The second-order valence-electron chi connectivity index (χ2n) is 7.85. The van der Waals surface area contributed by atoms with Crippen LogP contribution in [0.2, 0.25) is 5.02 Å². The average Bonchev–Trinajstić information content (AvgIpc) is 3.30. The summed E-state index contributed by atoms with van der Waals surface area (Å²) in [5.41, 5.74) is -6.95. The number of alkyl halides is 9. The number of nitrogens with zero attached hydrogens (tertiary/aromatic N) is 1. The molecule has 1 aromatic heterocycles. The molecule has 0 bridgehead atoms. The summed E-state index contributed by atoms with van der Waals surface area (Å²) in [6.45, 7) is 0. The van der Waals surface area contributed by atoms with Crippen molar-refractivity contribution in [2.24, 2.45) is 0 Å². The third kappa shape index (κ3) is 5.67. The Labute approximate surface area is 212 Å². The molecule has 0 amide bonds. The first-order chi connectivity index (χ1) is 17.5. The summed E-state index contributed by atoms with van der Waals surface area (Å²) in [5.74, 6) is -1.32. The first kappa shape index (κ1) is 27.2. The van der Waals surface area contributed by atoms with E-state index in [-0.39, 0.29) is 11.8 Å². The van der Waals surface area contributed by atoms with E-state index in [2.05, 4.69) is 5.10 Å². The fourth-order valence-electron chi connectivity index (χ4n) is 3.48. The number of halogens is 10. The van der Waals surface area contributed by atoms with Gasteiger partial charge in [0.15, 0.2) is 0 Å². The van der Waals surface area contributed by atoms with Crippen LogP contribution in [0.5, 0.6) is 17.2 Å². The molecule has 14 heteroatoms. The van der Waals surface area contributed by atoms with E-state index >= 15 is 0 Å². The minimum Gasteiger partial charge on any atom is -0.506 e. The molecule has 4 nitrogen and oxygen atoms in total. The molecule has 0 atom stereocenters. The van der Waals surface area contributed by atoms with Crippen LogP contribution in [-0.4, -0.2) is 15.3 Å². The Morgan fingerprint density at radius 3 is 1.82 bits per heavy atom. The Kier molecular flexibility index (Phi) is 6.76. The highest BCUT2D eigenvalue weighted by atomic mass is 35.5. The minimum atomic E-state index is -5.20. The van der Waals surface area contributed by atoms with Crippen molar-refractivity contribution in [2.45, 2.75) is 18.5 Å². The van der Waals surface area contributed by atoms with E-state index in [9.17, 15) is 44.6 Å². The maximum Gasteiger partial charge on any atom is 0.432 e. The maximum atomic E-state index is 13.5. The molecule has 0 aliphatic heterocycles. The summed E-state index contributed by atoms with van der Waals surface area (Å²) < 4.78 is 126. The minimum absolute atomic E-state index is 0.0462. The molecule has 0 radical (unpaired) electrons. The summed E-state index contributed by atoms with van der Waals surface area (Å²) in [7, 11) is 0. The third-order valence-electron chi connectivity index (χ3n) is 5.22. The second-order valence-corrected chi connectivity index (χ2v) is 8.29. The number of phenols is 1. The zero-order valence-corrected chi connectivity index (χ0v) is 19.1. The molecule has 3 aromatic carbocycles. The molecule has 38 heavy (non-hydrogen) atoms. The van der Waals surface area contributed by atoms with Crippen molar-refractivity contribution in [1.29, 1.82) is 0 Å². The van der Waals surface area contributed by atoms with Crippen LogP contribution in [0.4, 0.5) is 39.5 Å².